The minimum atomic E-state index is 0.0355. The lowest BCUT2D eigenvalue weighted by Gasteiger charge is -2.19. The number of fused-ring (bicyclic) bond motifs is 14. The van der Waals surface area contributed by atoms with E-state index in [1.165, 1.54) is 132 Å². The van der Waals surface area contributed by atoms with Crippen molar-refractivity contribution >= 4 is 109 Å². The van der Waals surface area contributed by atoms with Crippen LogP contribution in [0.25, 0.3) is 244 Å². The van der Waals surface area contributed by atoms with Gasteiger partial charge in [0.05, 0.1) is 89.0 Å². The quantitative estimate of drug-likeness (QED) is 0.109. The van der Waals surface area contributed by atoms with Crippen LogP contribution in [0.1, 0.15) is 52.7 Å². The van der Waals surface area contributed by atoms with Crippen molar-refractivity contribution in [2.45, 2.75) is 52.4 Å². The Kier molecular flexibility index (Phi) is 20.6. The van der Waals surface area contributed by atoms with Crippen LogP contribution < -0.4 is 0 Å². The molecule has 0 unspecified atom stereocenters. The smallest absolute Gasteiger partial charge is 0.0973 e. The predicted molar refractivity (Wildman–Crippen MR) is 588 cm³/mol. The van der Waals surface area contributed by atoms with Gasteiger partial charge in [0.25, 0.3) is 0 Å². The van der Waals surface area contributed by atoms with Crippen molar-refractivity contribution in [2.75, 3.05) is 0 Å². The van der Waals surface area contributed by atoms with E-state index in [-0.39, 0.29) is 10.8 Å². The molecular weight excluding hydrogens is 1700 g/mol. The molecule has 26 rings (SSSR count). The Morgan fingerprint density at radius 1 is 0.143 bits per heavy atom. The van der Waals surface area contributed by atoms with Crippen molar-refractivity contribution in [2.24, 2.45) is 0 Å². The summed E-state index contributed by atoms with van der Waals surface area (Å²) in [5.41, 5.74) is 42.0. The van der Waals surface area contributed by atoms with Gasteiger partial charge in [0.1, 0.15) is 0 Å². The lowest BCUT2D eigenvalue weighted by Crippen LogP contribution is -2.10. The molecule has 0 saturated heterocycles. The van der Waals surface area contributed by atoms with Gasteiger partial charge >= 0.3 is 0 Å². The summed E-state index contributed by atoms with van der Waals surface area (Å²) in [6.45, 7) is 13.7. The van der Waals surface area contributed by atoms with E-state index in [0.717, 1.165) is 123 Å². The van der Waals surface area contributed by atoms with E-state index in [1.807, 2.05) is 36.4 Å². The van der Waals surface area contributed by atoms with E-state index in [1.54, 1.807) is 0 Å². The lowest BCUT2D eigenvalue weighted by atomic mass is 9.86. The number of hydrogen-bond donors (Lipinski definition) is 0. The largest absolute Gasteiger partial charge is 0.309 e. The van der Waals surface area contributed by atoms with Gasteiger partial charge in [-0.15, -0.1) is 0 Å². The Bertz CT molecular complexity index is 8740. The summed E-state index contributed by atoms with van der Waals surface area (Å²) in [7, 11) is 0. The van der Waals surface area contributed by atoms with E-state index < -0.39 is 0 Å². The maximum absolute atomic E-state index is 5.29. The van der Waals surface area contributed by atoms with Crippen LogP contribution in [-0.4, -0.2) is 38.2 Å². The average molecular weight is 1790 g/mol. The zero-order valence-corrected chi connectivity index (χ0v) is 78.6. The highest BCUT2D eigenvalue weighted by atomic mass is 15.0. The summed E-state index contributed by atoms with van der Waals surface area (Å²) in [4.78, 5) is 21.1. The number of nitrogens with zero attached hydrogens (tertiary/aromatic N) is 8. The van der Waals surface area contributed by atoms with Crippen LogP contribution >= 0.6 is 0 Å². The highest BCUT2D eigenvalue weighted by Gasteiger charge is 2.26. The third kappa shape index (κ3) is 15.1. The topological polar surface area (TPSA) is 71.3 Å². The van der Waals surface area contributed by atoms with Crippen LogP contribution in [0.3, 0.4) is 0 Å². The fourth-order valence-electron chi connectivity index (χ4n) is 20.9. The molecule has 8 heteroatoms. The molecule has 0 amide bonds. The molecular formula is C132H96N8. The van der Waals surface area contributed by atoms with Crippen molar-refractivity contribution in [3.8, 4) is 135 Å². The number of para-hydroxylation sites is 8. The SMILES string of the molecule is CC(C)(C)c1ccc2c(c1)c1cc(-c3ccc(-c4nc5ccccc5nc4-c4ccc(-c5ccc6c(c5)c5cc(C(C)(C)C)ccc5n6-c5ccccc5)cc4)cc3)ccc1n2-c1ccccc1.c1ccc(-c2ccc(-n3c4ccccc4c4cc(-c5ccc(-c6nc7ccccc7nc6-c6ccc(-c7ccc8c(c7)c7ccccc7n8-c7ccc(-c8ccccc8)cc7)cc6)cc5)ccc43)cc2)cc1. The first-order chi connectivity index (χ1) is 68.6. The molecule has 26 aromatic rings. The van der Waals surface area contributed by atoms with E-state index in [4.69, 9.17) is 19.9 Å². The maximum atomic E-state index is 5.29. The summed E-state index contributed by atoms with van der Waals surface area (Å²) in [6, 6.07) is 171. The van der Waals surface area contributed by atoms with Crippen LogP contribution in [-0.2, 0) is 10.8 Å². The molecule has 0 spiro atoms. The minimum Gasteiger partial charge on any atom is -0.309 e. The second-order valence-electron chi connectivity index (χ2n) is 38.9. The van der Waals surface area contributed by atoms with Gasteiger partial charge in [-0.25, -0.2) is 19.9 Å². The molecule has 0 N–H and O–H groups in total. The first kappa shape index (κ1) is 84.1. The van der Waals surface area contributed by atoms with Gasteiger partial charge in [0.15, 0.2) is 0 Å². The van der Waals surface area contributed by atoms with E-state index in [0.29, 0.717) is 0 Å². The van der Waals surface area contributed by atoms with Gasteiger partial charge in [-0.1, -0.05) is 357 Å². The summed E-state index contributed by atoms with van der Waals surface area (Å²) in [5.74, 6) is 0. The maximum Gasteiger partial charge on any atom is 0.0973 e. The van der Waals surface area contributed by atoms with Crippen LogP contribution in [0.2, 0.25) is 0 Å². The Morgan fingerprint density at radius 2 is 0.329 bits per heavy atom. The second-order valence-corrected chi connectivity index (χ2v) is 38.9. The number of rotatable bonds is 14. The van der Waals surface area contributed by atoms with Crippen molar-refractivity contribution in [3.63, 3.8) is 0 Å². The molecule has 0 aliphatic heterocycles. The molecule has 0 aliphatic carbocycles. The molecule has 6 heterocycles. The molecule has 20 aromatic carbocycles. The van der Waals surface area contributed by atoms with Gasteiger partial charge in [0, 0.05) is 88.1 Å². The number of benzene rings is 20. The Labute approximate surface area is 813 Å². The zero-order valence-electron chi connectivity index (χ0n) is 78.6. The summed E-state index contributed by atoms with van der Waals surface area (Å²) in [6.07, 6.45) is 0. The van der Waals surface area contributed by atoms with Crippen molar-refractivity contribution in [1.82, 2.24) is 38.2 Å². The first-order valence-corrected chi connectivity index (χ1v) is 48.3. The van der Waals surface area contributed by atoms with Gasteiger partial charge < -0.3 is 18.3 Å². The molecule has 8 nitrogen and oxygen atoms in total. The summed E-state index contributed by atoms with van der Waals surface area (Å²) < 4.78 is 9.54. The molecule has 6 aromatic heterocycles. The van der Waals surface area contributed by atoms with Crippen LogP contribution in [0.15, 0.2) is 473 Å². The fraction of sp³-hybridized carbons (Fsp3) is 0.0606. The van der Waals surface area contributed by atoms with E-state index in [2.05, 4.69) is 497 Å². The summed E-state index contributed by atoms with van der Waals surface area (Å²) in [5, 5.41) is 9.94. The zero-order chi connectivity index (χ0) is 93.9. The van der Waals surface area contributed by atoms with Crippen molar-refractivity contribution in [1.29, 1.82) is 0 Å². The Balaban J connectivity index is 0.000000148. The Hall–Kier alpha value is -17.7. The predicted octanol–water partition coefficient (Wildman–Crippen LogP) is 34.9. The highest BCUT2D eigenvalue weighted by Crippen LogP contribution is 2.46. The highest BCUT2D eigenvalue weighted by molar-refractivity contribution is 6.15. The molecule has 0 bridgehead atoms. The van der Waals surface area contributed by atoms with Crippen LogP contribution in [0.4, 0.5) is 0 Å². The molecule has 664 valence electrons. The third-order valence-corrected chi connectivity index (χ3v) is 28.2. The van der Waals surface area contributed by atoms with E-state index in [9.17, 15) is 0 Å². The lowest BCUT2D eigenvalue weighted by molar-refractivity contribution is 0.591. The molecule has 0 fully saturated rings. The first-order valence-electron chi connectivity index (χ1n) is 48.3. The monoisotopic (exact) mass is 1790 g/mol. The van der Waals surface area contributed by atoms with Crippen molar-refractivity contribution < 1.29 is 0 Å². The minimum absolute atomic E-state index is 0.0355. The van der Waals surface area contributed by atoms with Gasteiger partial charge in [-0.2, -0.15) is 0 Å². The molecule has 0 radical (unpaired) electrons. The molecule has 0 saturated carbocycles. The van der Waals surface area contributed by atoms with Crippen LogP contribution in [0, 0.1) is 0 Å². The standard InChI is InChI=1S/C68H44N4.C64H52N4/c1-3-13-45(14-4-1)47-31-37-55(38-32-47)71-63-21-11-7-17-57(63)59-43-53(35-41-65(59)71)49-23-27-51(28-24-49)67-68(70-62-20-10-9-19-61(62)69-67)52-29-25-50(26-30-52)54-36-42-66-60(44-54)58-18-8-12-22-64(58)72(66)56-39-33-48(34-40-56)46-15-5-2-6-16-46;1-63(2,3)47-31-35-59-53(39-47)51-37-45(29-33-57(51)67(59)49-15-9-7-10-16-49)41-21-25-43(26-22-41)61-62(66-56-20-14-13-19-55(56)65-61)44-27-23-42(24-28-44)46-30-34-58-52(38-46)54-40-48(64(4,5)6)32-36-60(54)68(58)50-17-11-8-12-18-50/h1-44H;7-40H,1-6H3. The second kappa shape index (κ2) is 34.3. The van der Waals surface area contributed by atoms with E-state index >= 15 is 0 Å². The van der Waals surface area contributed by atoms with Gasteiger partial charge in [-0.05, 0) is 246 Å². The number of hydrogen-bond acceptors (Lipinski definition) is 4. The average Bonchev–Trinajstić information content (AvgIpc) is 1.58. The van der Waals surface area contributed by atoms with Gasteiger partial charge in [-0.3, -0.25) is 0 Å². The third-order valence-electron chi connectivity index (χ3n) is 28.2. The molecule has 0 atom stereocenters. The fourth-order valence-corrected chi connectivity index (χ4v) is 20.9. The van der Waals surface area contributed by atoms with Gasteiger partial charge in [0.2, 0.25) is 0 Å². The normalized spacial score (nSPS) is 11.9. The van der Waals surface area contributed by atoms with Crippen molar-refractivity contribution in [3.05, 3.63) is 484 Å². The number of aromatic nitrogens is 8. The summed E-state index contributed by atoms with van der Waals surface area (Å²) >= 11 is 0. The van der Waals surface area contributed by atoms with Crippen LogP contribution in [0.5, 0.6) is 0 Å². The molecule has 0 aliphatic rings. The molecule has 140 heavy (non-hydrogen) atoms. The Morgan fingerprint density at radius 3 is 0.607 bits per heavy atom.